The van der Waals surface area contributed by atoms with Crippen molar-refractivity contribution in [1.29, 1.82) is 0 Å². The summed E-state index contributed by atoms with van der Waals surface area (Å²) in [5.74, 6) is 0.0778. The van der Waals surface area contributed by atoms with E-state index in [4.69, 9.17) is 0 Å². The lowest BCUT2D eigenvalue weighted by molar-refractivity contribution is -0.133. The monoisotopic (exact) mass is 324 g/mol. The van der Waals surface area contributed by atoms with Crippen molar-refractivity contribution >= 4 is 27.7 Å². The van der Waals surface area contributed by atoms with Crippen molar-refractivity contribution in [2.75, 3.05) is 13.1 Å². The summed E-state index contributed by atoms with van der Waals surface area (Å²) in [5.41, 5.74) is 1.27. The zero-order chi connectivity index (χ0) is 16.8. The molecule has 2 aromatic heterocycles. The van der Waals surface area contributed by atoms with Crippen LogP contribution in [0.15, 0.2) is 35.3 Å². The normalized spacial score (nSPS) is 16.2. The number of para-hydroxylation sites is 1. The van der Waals surface area contributed by atoms with Gasteiger partial charge in [-0.15, -0.1) is 0 Å². The van der Waals surface area contributed by atoms with Gasteiger partial charge in [-0.3, -0.25) is 9.59 Å². The van der Waals surface area contributed by atoms with Gasteiger partial charge in [-0.25, -0.2) is 4.68 Å². The molecule has 0 bridgehead atoms. The van der Waals surface area contributed by atoms with E-state index in [1.165, 1.54) is 4.68 Å². The number of aromatic nitrogens is 3. The third kappa shape index (κ3) is 2.06. The largest absolute Gasteiger partial charge is 0.341 e. The smallest absolute Gasteiger partial charge is 0.291 e. The fourth-order valence-electron chi connectivity index (χ4n) is 3.70. The van der Waals surface area contributed by atoms with Crippen LogP contribution in [0.3, 0.4) is 0 Å². The van der Waals surface area contributed by atoms with Crippen LogP contribution in [0.1, 0.15) is 25.8 Å². The molecule has 124 valence electrons. The van der Waals surface area contributed by atoms with Gasteiger partial charge in [0.05, 0.1) is 11.7 Å². The topological polar surface area (TPSA) is 60.1 Å². The Hall–Kier alpha value is -2.63. The third-order valence-corrected chi connectivity index (χ3v) is 4.97. The van der Waals surface area contributed by atoms with Gasteiger partial charge < -0.3 is 9.47 Å². The van der Waals surface area contributed by atoms with Crippen LogP contribution in [-0.2, 0) is 11.8 Å². The first kappa shape index (κ1) is 14.9. The summed E-state index contributed by atoms with van der Waals surface area (Å²) in [5, 5.41) is 5.91. The average molecular weight is 324 g/mol. The number of carbonyl (C=O) groups excluding carboxylic acids is 1. The maximum absolute atomic E-state index is 12.9. The first-order valence-corrected chi connectivity index (χ1v) is 8.33. The van der Waals surface area contributed by atoms with Crippen LogP contribution in [0.5, 0.6) is 0 Å². The highest BCUT2D eigenvalue weighted by atomic mass is 16.2. The zero-order valence-corrected chi connectivity index (χ0v) is 13.9. The quantitative estimate of drug-likeness (QED) is 0.725. The van der Waals surface area contributed by atoms with Gasteiger partial charge >= 0.3 is 0 Å². The molecule has 0 saturated carbocycles. The Balaban J connectivity index is 2.00. The Bertz CT molecular complexity index is 995. The second kappa shape index (κ2) is 5.47. The zero-order valence-electron chi connectivity index (χ0n) is 13.9. The Morgan fingerprint density at radius 1 is 1.17 bits per heavy atom. The van der Waals surface area contributed by atoms with Crippen molar-refractivity contribution in [1.82, 2.24) is 19.2 Å². The number of carbonyl (C=O) groups is 1. The minimum atomic E-state index is -0.416. The maximum atomic E-state index is 12.9. The number of rotatable bonds is 2. The van der Waals surface area contributed by atoms with Crippen molar-refractivity contribution in [3.8, 4) is 0 Å². The number of benzene rings is 1. The predicted molar refractivity (Wildman–Crippen MR) is 93.0 cm³/mol. The van der Waals surface area contributed by atoms with Gasteiger partial charge in [-0.05, 0) is 25.8 Å². The fraction of sp³-hybridized carbons (Fsp3) is 0.389. The van der Waals surface area contributed by atoms with E-state index in [1.807, 2.05) is 40.7 Å². The molecule has 0 aliphatic carbocycles. The molecule has 0 radical (unpaired) electrons. The van der Waals surface area contributed by atoms with Gasteiger partial charge in [-0.1, -0.05) is 18.2 Å². The number of hydrogen-bond donors (Lipinski definition) is 0. The number of aryl methyl sites for hydroxylation is 1. The second-order valence-corrected chi connectivity index (χ2v) is 6.43. The molecule has 1 aliphatic rings. The highest BCUT2D eigenvalue weighted by Gasteiger charge is 2.28. The van der Waals surface area contributed by atoms with Gasteiger partial charge in [0.25, 0.3) is 5.56 Å². The number of nitrogens with zero attached hydrogens (tertiary/aromatic N) is 4. The molecule has 1 saturated heterocycles. The summed E-state index contributed by atoms with van der Waals surface area (Å²) in [6.07, 6.45) is 3.82. The molecule has 4 rings (SSSR count). The standard InChI is InChI=1S/C18H20N4O2/c1-12(17(23)21-9-5-6-10-21)22-15-8-4-3-7-13(15)14-11-19-20(2)18(24)16(14)22/h3-4,7-8,11-12H,5-6,9-10H2,1-2H3. The number of fused-ring (bicyclic) bond motifs is 3. The Morgan fingerprint density at radius 3 is 2.62 bits per heavy atom. The van der Waals surface area contributed by atoms with Crippen LogP contribution in [-0.4, -0.2) is 38.2 Å². The van der Waals surface area contributed by atoms with Crippen LogP contribution in [0.25, 0.3) is 21.8 Å². The SMILES string of the molecule is CC(C(=O)N1CCCC1)n1c2ccccc2c2cnn(C)c(=O)c21. The molecular weight excluding hydrogens is 304 g/mol. The predicted octanol–water partition coefficient (Wildman–Crippen LogP) is 2.07. The molecule has 24 heavy (non-hydrogen) atoms. The van der Waals surface area contributed by atoms with E-state index in [1.54, 1.807) is 13.2 Å². The van der Waals surface area contributed by atoms with Gasteiger partial charge in [0.15, 0.2) is 0 Å². The summed E-state index contributed by atoms with van der Waals surface area (Å²) in [4.78, 5) is 27.5. The van der Waals surface area contributed by atoms with E-state index in [-0.39, 0.29) is 11.5 Å². The van der Waals surface area contributed by atoms with E-state index in [0.717, 1.165) is 42.2 Å². The Labute approximate surface area is 139 Å². The van der Waals surface area contributed by atoms with Gasteiger partial charge in [-0.2, -0.15) is 5.10 Å². The molecule has 0 spiro atoms. The summed E-state index contributed by atoms with van der Waals surface area (Å²) >= 11 is 0. The maximum Gasteiger partial charge on any atom is 0.291 e. The molecule has 1 aliphatic heterocycles. The Kier molecular flexibility index (Phi) is 3.40. The van der Waals surface area contributed by atoms with Gasteiger partial charge in [0.2, 0.25) is 5.91 Å². The fourth-order valence-corrected chi connectivity index (χ4v) is 3.70. The van der Waals surface area contributed by atoms with E-state index < -0.39 is 6.04 Å². The molecule has 1 unspecified atom stereocenters. The molecule has 1 amide bonds. The van der Waals surface area contributed by atoms with Gasteiger partial charge in [0.1, 0.15) is 11.6 Å². The van der Waals surface area contributed by atoms with Crippen molar-refractivity contribution in [3.63, 3.8) is 0 Å². The molecule has 1 atom stereocenters. The van der Waals surface area contributed by atoms with Crippen LogP contribution < -0.4 is 5.56 Å². The van der Waals surface area contributed by atoms with Crippen LogP contribution in [0, 0.1) is 0 Å². The molecule has 3 aromatic rings. The van der Waals surface area contributed by atoms with Crippen molar-refractivity contribution in [3.05, 3.63) is 40.8 Å². The molecule has 0 N–H and O–H groups in total. The number of amides is 1. The molecule has 1 fully saturated rings. The lowest BCUT2D eigenvalue weighted by Crippen LogP contribution is -2.34. The molecule has 6 nitrogen and oxygen atoms in total. The first-order valence-electron chi connectivity index (χ1n) is 8.33. The highest BCUT2D eigenvalue weighted by Crippen LogP contribution is 2.30. The second-order valence-electron chi connectivity index (χ2n) is 6.43. The summed E-state index contributed by atoms with van der Waals surface area (Å²) in [7, 11) is 1.64. The lowest BCUT2D eigenvalue weighted by Gasteiger charge is -2.22. The minimum Gasteiger partial charge on any atom is -0.341 e. The molecule has 1 aromatic carbocycles. The highest BCUT2D eigenvalue weighted by molar-refractivity contribution is 6.08. The van der Waals surface area contributed by atoms with E-state index in [0.29, 0.717) is 5.52 Å². The first-order chi connectivity index (χ1) is 11.6. The molecular formula is C18H20N4O2. The summed E-state index contributed by atoms with van der Waals surface area (Å²) < 4.78 is 3.21. The summed E-state index contributed by atoms with van der Waals surface area (Å²) in [6, 6.07) is 7.39. The number of likely N-dealkylation sites (tertiary alicyclic amines) is 1. The van der Waals surface area contributed by atoms with Crippen molar-refractivity contribution in [2.45, 2.75) is 25.8 Å². The van der Waals surface area contributed by atoms with Crippen molar-refractivity contribution in [2.24, 2.45) is 7.05 Å². The lowest BCUT2D eigenvalue weighted by atomic mass is 10.2. The van der Waals surface area contributed by atoms with E-state index >= 15 is 0 Å². The Morgan fingerprint density at radius 2 is 1.88 bits per heavy atom. The van der Waals surface area contributed by atoms with Gasteiger partial charge in [0, 0.05) is 30.9 Å². The van der Waals surface area contributed by atoms with E-state index in [9.17, 15) is 9.59 Å². The molecule has 6 heteroatoms. The third-order valence-electron chi connectivity index (χ3n) is 4.97. The average Bonchev–Trinajstić information content (AvgIpc) is 3.23. The summed E-state index contributed by atoms with van der Waals surface area (Å²) in [6.45, 7) is 3.49. The van der Waals surface area contributed by atoms with Crippen molar-refractivity contribution < 1.29 is 4.79 Å². The van der Waals surface area contributed by atoms with Crippen LogP contribution in [0.4, 0.5) is 0 Å². The van der Waals surface area contributed by atoms with E-state index in [2.05, 4.69) is 5.10 Å². The minimum absolute atomic E-state index is 0.0778. The molecule has 3 heterocycles. The number of hydrogen-bond acceptors (Lipinski definition) is 3. The van der Waals surface area contributed by atoms with Crippen LogP contribution >= 0.6 is 0 Å². The van der Waals surface area contributed by atoms with Crippen LogP contribution in [0.2, 0.25) is 0 Å².